The Morgan fingerprint density at radius 3 is 2.63 bits per heavy atom. The van der Waals surface area contributed by atoms with Crippen LogP contribution in [0.25, 0.3) is 0 Å². The fourth-order valence-corrected chi connectivity index (χ4v) is 1.97. The van der Waals surface area contributed by atoms with Crippen molar-refractivity contribution in [1.82, 2.24) is 9.88 Å². The molecule has 0 radical (unpaired) electrons. The molecule has 19 heavy (non-hydrogen) atoms. The van der Waals surface area contributed by atoms with Gasteiger partial charge < -0.3 is 15.2 Å². The quantitative estimate of drug-likeness (QED) is 0.881. The molecule has 0 aliphatic carbocycles. The summed E-state index contributed by atoms with van der Waals surface area (Å²) in [6, 6.07) is 3.85. The van der Waals surface area contributed by atoms with Crippen molar-refractivity contribution in [1.29, 1.82) is 0 Å². The van der Waals surface area contributed by atoms with Crippen LogP contribution in [0.2, 0.25) is 0 Å². The lowest BCUT2D eigenvalue weighted by molar-refractivity contribution is 0.297. The third kappa shape index (κ3) is 6.38. The van der Waals surface area contributed by atoms with Crippen LogP contribution in [0.5, 0.6) is 0 Å². The normalized spacial score (nSPS) is 15.2. The number of H-pyrrole nitrogens is 1. The molecule has 1 aliphatic heterocycles. The molecule has 1 aromatic rings. The van der Waals surface area contributed by atoms with Gasteiger partial charge in [0.15, 0.2) is 0 Å². The van der Waals surface area contributed by atoms with Crippen LogP contribution >= 0.6 is 0 Å². The van der Waals surface area contributed by atoms with Gasteiger partial charge in [0.1, 0.15) is 12.4 Å². The molecular formula is C14H24FN3O. The van der Waals surface area contributed by atoms with Gasteiger partial charge in [-0.1, -0.05) is 0 Å². The number of likely N-dealkylation sites (tertiary alicyclic amines) is 1. The van der Waals surface area contributed by atoms with Gasteiger partial charge in [-0.3, -0.25) is 4.79 Å². The van der Waals surface area contributed by atoms with E-state index in [1.165, 1.54) is 12.8 Å². The first-order valence-corrected chi connectivity index (χ1v) is 6.86. The maximum absolute atomic E-state index is 11.6. The molecule has 0 aromatic carbocycles. The van der Waals surface area contributed by atoms with Gasteiger partial charge in [-0.05, 0) is 51.9 Å². The molecule has 0 saturated carbocycles. The number of alkyl halides is 1. The van der Waals surface area contributed by atoms with Crippen molar-refractivity contribution in [2.45, 2.75) is 32.7 Å². The first-order valence-electron chi connectivity index (χ1n) is 6.86. The fraction of sp³-hybridized carbons (Fsp3) is 0.643. The lowest BCUT2D eigenvalue weighted by atomic mass is 10.3. The fourth-order valence-electron chi connectivity index (χ4n) is 1.97. The van der Waals surface area contributed by atoms with E-state index in [4.69, 9.17) is 0 Å². The van der Waals surface area contributed by atoms with E-state index in [1.54, 1.807) is 18.3 Å². The van der Waals surface area contributed by atoms with Crippen molar-refractivity contribution in [2.24, 2.45) is 0 Å². The van der Waals surface area contributed by atoms with Gasteiger partial charge in [-0.2, -0.15) is 0 Å². The Balaban J connectivity index is 0.000000200. The molecule has 108 valence electrons. The van der Waals surface area contributed by atoms with Crippen molar-refractivity contribution >= 4 is 5.69 Å². The Morgan fingerprint density at radius 2 is 2.11 bits per heavy atom. The minimum atomic E-state index is -0.181. The van der Waals surface area contributed by atoms with Crippen LogP contribution < -0.4 is 10.9 Å². The number of nitrogens with zero attached hydrogens (tertiary/aromatic N) is 1. The van der Waals surface area contributed by atoms with Gasteiger partial charge >= 0.3 is 0 Å². The number of pyridine rings is 1. The van der Waals surface area contributed by atoms with E-state index in [1.807, 2.05) is 13.8 Å². The van der Waals surface area contributed by atoms with Crippen LogP contribution in [-0.4, -0.2) is 42.2 Å². The Hall–Kier alpha value is -1.36. The highest BCUT2D eigenvalue weighted by Crippen LogP contribution is 2.05. The number of rotatable bonds is 4. The number of hydrogen-bond acceptors (Lipinski definition) is 3. The van der Waals surface area contributed by atoms with E-state index in [2.05, 4.69) is 15.2 Å². The predicted molar refractivity (Wildman–Crippen MR) is 77.5 cm³/mol. The summed E-state index contributed by atoms with van der Waals surface area (Å²) < 4.78 is 11.6. The maximum atomic E-state index is 11.6. The van der Waals surface area contributed by atoms with Crippen molar-refractivity contribution < 1.29 is 4.39 Å². The molecule has 0 unspecified atom stereocenters. The van der Waals surface area contributed by atoms with E-state index in [0.29, 0.717) is 18.3 Å². The van der Waals surface area contributed by atoms with Crippen LogP contribution in [0, 0.1) is 0 Å². The Bertz CT molecular complexity index is 400. The SMILES string of the molecule is CC(C)Nc1ccc[nH]c1=O.FCCN1CCCC1. The molecular weight excluding hydrogens is 245 g/mol. The van der Waals surface area contributed by atoms with E-state index < -0.39 is 0 Å². The highest BCUT2D eigenvalue weighted by atomic mass is 19.1. The van der Waals surface area contributed by atoms with Gasteiger partial charge in [-0.25, -0.2) is 4.39 Å². The summed E-state index contributed by atoms with van der Waals surface area (Å²) >= 11 is 0. The molecule has 1 aliphatic rings. The first kappa shape index (κ1) is 15.7. The summed E-state index contributed by atoms with van der Waals surface area (Å²) in [5.41, 5.74) is 0.559. The molecule has 4 nitrogen and oxygen atoms in total. The molecule has 2 heterocycles. The highest BCUT2D eigenvalue weighted by molar-refractivity contribution is 5.40. The summed E-state index contributed by atoms with van der Waals surface area (Å²) in [6.45, 7) is 6.69. The monoisotopic (exact) mass is 269 g/mol. The minimum absolute atomic E-state index is 0.0683. The second-order valence-electron chi connectivity index (χ2n) is 4.95. The molecule has 1 aromatic heterocycles. The topological polar surface area (TPSA) is 48.1 Å². The molecule has 0 amide bonds. The zero-order valence-corrected chi connectivity index (χ0v) is 11.8. The molecule has 1 saturated heterocycles. The van der Waals surface area contributed by atoms with Gasteiger partial charge in [-0.15, -0.1) is 0 Å². The van der Waals surface area contributed by atoms with Crippen molar-refractivity contribution in [3.05, 3.63) is 28.7 Å². The molecule has 2 N–H and O–H groups in total. The Morgan fingerprint density at radius 1 is 1.42 bits per heavy atom. The molecule has 5 heteroatoms. The van der Waals surface area contributed by atoms with Crippen LogP contribution in [0.3, 0.4) is 0 Å². The van der Waals surface area contributed by atoms with Crippen LogP contribution in [0.1, 0.15) is 26.7 Å². The van der Waals surface area contributed by atoms with Gasteiger partial charge in [0.2, 0.25) is 0 Å². The molecule has 0 spiro atoms. The van der Waals surface area contributed by atoms with Crippen LogP contribution in [-0.2, 0) is 0 Å². The second-order valence-corrected chi connectivity index (χ2v) is 4.95. The maximum Gasteiger partial charge on any atom is 0.271 e. The second kappa shape index (κ2) is 8.69. The Labute approximate surface area is 114 Å². The van der Waals surface area contributed by atoms with Crippen LogP contribution in [0.4, 0.5) is 10.1 Å². The van der Waals surface area contributed by atoms with E-state index in [9.17, 15) is 9.18 Å². The number of halogens is 1. The minimum Gasteiger partial charge on any atom is -0.378 e. The van der Waals surface area contributed by atoms with Crippen molar-refractivity contribution in [3.63, 3.8) is 0 Å². The van der Waals surface area contributed by atoms with E-state index >= 15 is 0 Å². The summed E-state index contributed by atoms with van der Waals surface area (Å²) in [6.07, 6.45) is 4.15. The number of nitrogens with one attached hydrogen (secondary N) is 2. The predicted octanol–water partition coefficient (Wildman–Crippen LogP) is 2.25. The largest absolute Gasteiger partial charge is 0.378 e. The van der Waals surface area contributed by atoms with Gasteiger partial charge in [0.25, 0.3) is 5.56 Å². The van der Waals surface area contributed by atoms with Gasteiger partial charge in [0, 0.05) is 18.8 Å². The highest BCUT2D eigenvalue weighted by Gasteiger charge is 2.09. The van der Waals surface area contributed by atoms with E-state index in [-0.39, 0.29) is 12.2 Å². The Kier molecular flexibility index (Phi) is 7.18. The summed E-state index contributed by atoms with van der Waals surface area (Å²) in [4.78, 5) is 15.8. The third-order valence-corrected chi connectivity index (χ3v) is 2.86. The summed E-state index contributed by atoms with van der Waals surface area (Å²) in [7, 11) is 0. The average Bonchev–Trinajstić information content (AvgIpc) is 2.86. The van der Waals surface area contributed by atoms with Crippen LogP contribution in [0.15, 0.2) is 23.1 Å². The first-order chi connectivity index (χ1) is 9.13. The standard InChI is InChI=1S/C8H12N2O.C6H12FN/c1-6(2)10-7-4-3-5-9-8(7)11;7-3-6-8-4-1-2-5-8/h3-6,10H,1-2H3,(H,9,11);1-6H2. The lowest BCUT2D eigenvalue weighted by Crippen LogP contribution is -2.21. The molecule has 2 rings (SSSR count). The van der Waals surface area contributed by atoms with E-state index in [0.717, 1.165) is 13.1 Å². The number of aromatic amines is 1. The third-order valence-electron chi connectivity index (χ3n) is 2.86. The average molecular weight is 269 g/mol. The lowest BCUT2D eigenvalue weighted by Gasteiger charge is -2.09. The molecule has 0 bridgehead atoms. The number of hydrogen-bond donors (Lipinski definition) is 2. The molecule has 1 fully saturated rings. The van der Waals surface area contributed by atoms with Crippen molar-refractivity contribution in [2.75, 3.05) is 31.6 Å². The van der Waals surface area contributed by atoms with Gasteiger partial charge in [0.05, 0.1) is 0 Å². The summed E-state index contributed by atoms with van der Waals surface area (Å²) in [5.74, 6) is 0. The summed E-state index contributed by atoms with van der Waals surface area (Å²) in [5, 5.41) is 3.03. The van der Waals surface area contributed by atoms with Crippen molar-refractivity contribution in [3.8, 4) is 0 Å². The zero-order valence-electron chi connectivity index (χ0n) is 11.8. The zero-order chi connectivity index (χ0) is 14.1. The number of anilines is 1. The number of aromatic nitrogens is 1. The molecule has 0 atom stereocenters. The smallest absolute Gasteiger partial charge is 0.271 e.